The molecule has 5 heterocycles. The van der Waals surface area contributed by atoms with Gasteiger partial charge < -0.3 is 9.40 Å². The Hall–Kier alpha value is -3.46. The van der Waals surface area contributed by atoms with E-state index in [2.05, 4.69) is 35.8 Å². The van der Waals surface area contributed by atoms with Gasteiger partial charge in [0.1, 0.15) is 0 Å². The fraction of sp³-hybridized carbons (Fsp3) is 0. The van der Waals surface area contributed by atoms with Gasteiger partial charge in [-0.3, -0.25) is 5.10 Å². The first kappa shape index (κ1) is 13.9. The summed E-state index contributed by atoms with van der Waals surface area (Å²) in [5.74, 6) is 1.85. The summed E-state index contributed by atoms with van der Waals surface area (Å²) in [6, 6.07) is 9.75. The molecule has 3 N–H and O–H groups in total. The molecule has 0 aromatic carbocycles. The molecular formula is C16H11N7OS. The summed E-state index contributed by atoms with van der Waals surface area (Å²) in [6.07, 6.45) is 3.55. The number of hydrogen-bond donors (Lipinski definition) is 3. The van der Waals surface area contributed by atoms with Crippen molar-refractivity contribution in [2.24, 2.45) is 0 Å². The van der Waals surface area contributed by atoms with Crippen molar-refractivity contribution in [1.29, 1.82) is 0 Å². The molecule has 5 rings (SSSR count). The number of thiophene rings is 1. The van der Waals surface area contributed by atoms with E-state index in [1.165, 1.54) is 0 Å². The molecule has 0 saturated carbocycles. The van der Waals surface area contributed by atoms with Gasteiger partial charge in [0.05, 0.1) is 27.4 Å². The van der Waals surface area contributed by atoms with E-state index in [0.717, 1.165) is 33.2 Å². The molecule has 0 unspecified atom stereocenters. The summed E-state index contributed by atoms with van der Waals surface area (Å²) in [4.78, 5) is 4.19. The number of hydrogen-bond acceptors (Lipinski definition) is 6. The van der Waals surface area contributed by atoms with E-state index in [4.69, 9.17) is 4.42 Å². The highest BCUT2D eigenvalue weighted by molar-refractivity contribution is 7.13. The maximum absolute atomic E-state index is 6.29. The molecular weight excluding hydrogens is 338 g/mol. The van der Waals surface area contributed by atoms with Gasteiger partial charge in [-0.1, -0.05) is 6.07 Å². The van der Waals surface area contributed by atoms with Gasteiger partial charge in [0, 0.05) is 12.4 Å². The number of nitrogens with one attached hydrogen (secondary N) is 3. The van der Waals surface area contributed by atoms with Crippen LogP contribution in [0.1, 0.15) is 0 Å². The smallest absolute Gasteiger partial charge is 0.209 e. The minimum atomic E-state index is 0.459. The third-order valence-corrected chi connectivity index (χ3v) is 4.70. The van der Waals surface area contributed by atoms with Crippen LogP contribution in [0, 0.1) is 0 Å². The average Bonchev–Trinajstić information content (AvgIpc) is 3.48. The zero-order valence-electron chi connectivity index (χ0n) is 12.7. The van der Waals surface area contributed by atoms with Gasteiger partial charge in [0.2, 0.25) is 5.82 Å². The fourth-order valence-electron chi connectivity index (χ4n) is 2.81. The molecule has 0 radical (unpaired) electrons. The number of aromatic nitrogens is 7. The van der Waals surface area contributed by atoms with Crippen LogP contribution in [0.15, 0.2) is 52.5 Å². The Bertz CT molecular complexity index is 987. The topological polar surface area (TPSA) is 112 Å². The second kappa shape index (κ2) is 5.56. The van der Waals surface area contributed by atoms with Crippen LogP contribution in [0.4, 0.5) is 0 Å². The molecule has 25 heavy (non-hydrogen) atoms. The standard InChI is InChI=1S/C16H11N7OS/c1-3-10(17-6-1)14-13(16-20-22-23-21-16)12(9-5-7-18-19-9)15(24-14)11-4-2-8-25-11/h1-8,17H,(H,18,19)(H,20,21,22,23). The number of furan rings is 1. The van der Waals surface area contributed by atoms with Crippen LogP contribution in [0.3, 0.4) is 0 Å². The van der Waals surface area contributed by atoms with Crippen LogP contribution in [-0.2, 0) is 0 Å². The number of tetrazole rings is 1. The Kier molecular flexibility index (Phi) is 3.10. The van der Waals surface area contributed by atoms with Crippen molar-refractivity contribution in [3.8, 4) is 44.7 Å². The minimum Gasteiger partial charge on any atom is -0.452 e. The number of H-pyrrole nitrogens is 3. The lowest BCUT2D eigenvalue weighted by atomic mass is 10.0. The van der Waals surface area contributed by atoms with Gasteiger partial charge >= 0.3 is 0 Å². The van der Waals surface area contributed by atoms with Gasteiger partial charge in [-0.15, -0.1) is 21.5 Å². The lowest BCUT2D eigenvalue weighted by Crippen LogP contribution is -1.88. The maximum Gasteiger partial charge on any atom is 0.209 e. The van der Waals surface area contributed by atoms with Crippen LogP contribution in [0.25, 0.3) is 44.7 Å². The normalized spacial score (nSPS) is 11.2. The quantitative estimate of drug-likeness (QED) is 0.459. The SMILES string of the molecule is c1c[nH]c(-c2oc(-c3cccs3)c(-c3ccn[nH]3)c2-c2nn[nH]n2)c1. The third-order valence-electron chi connectivity index (χ3n) is 3.83. The van der Waals surface area contributed by atoms with Crippen LogP contribution in [0.5, 0.6) is 0 Å². The molecule has 0 saturated heterocycles. The minimum absolute atomic E-state index is 0.459. The first-order valence-electron chi connectivity index (χ1n) is 7.50. The van der Waals surface area contributed by atoms with Crippen molar-refractivity contribution in [2.75, 3.05) is 0 Å². The Labute approximate surface area is 144 Å². The molecule has 0 fully saturated rings. The lowest BCUT2D eigenvalue weighted by Gasteiger charge is -2.00. The highest BCUT2D eigenvalue weighted by Crippen LogP contribution is 2.47. The zero-order chi connectivity index (χ0) is 16.6. The molecule has 0 aliphatic heterocycles. The van der Waals surface area contributed by atoms with E-state index < -0.39 is 0 Å². The summed E-state index contributed by atoms with van der Waals surface area (Å²) in [7, 11) is 0. The van der Waals surface area contributed by atoms with Gasteiger partial charge in [-0.05, 0) is 34.9 Å². The Balaban J connectivity index is 1.88. The summed E-state index contributed by atoms with van der Waals surface area (Å²) in [5.41, 5.74) is 3.27. The van der Waals surface area contributed by atoms with E-state index in [1.54, 1.807) is 17.5 Å². The van der Waals surface area contributed by atoms with E-state index in [1.807, 2.05) is 41.9 Å². The second-order valence-electron chi connectivity index (χ2n) is 5.28. The molecule has 0 atom stereocenters. The maximum atomic E-state index is 6.29. The number of nitrogens with zero attached hydrogens (tertiary/aromatic N) is 4. The van der Waals surface area contributed by atoms with Crippen molar-refractivity contribution < 1.29 is 4.42 Å². The molecule has 0 aliphatic carbocycles. The van der Waals surface area contributed by atoms with Crippen LogP contribution in [0.2, 0.25) is 0 Å². The second-order valence-corrected chi connectivity index (χ2v) is 6.22. The summed E-state index contributed by atoms with van der Waals surface area (Å²) >= 11 is 1.60. The molecule has 5 aromatic heterocycles. The van der Waals surface area contributed by atoms with Crippen molar-refractivity contribution in [2.45, 2.75) is 0 Å². The number of rotatable bonds is 4. The van der Waals surface area contributed by atoms with Crippen molar-refractivity contribution in [3.63, 3.8) is 0 Å². The fourth-order valence-corrected chi connectivity index (χ4v) is 3.52. The largest absolute Gasteiger partial charge is 0.452 e. The van der Waals surface area contributed by atoms with Crippen molar-refractivity contribution in [3.05, 3.63) is 48.1 Å². The summed E-state index contributed by atoms with van der Waals surface area (Å²) in [5, 5.41) is 23.7. The van der Waals surface area contributed by atoms with Gasteiger partial charge in [-0.25, -0.2) is 0 Å². The highest BCUT2D eigenvalue weighted by atomic mass is 32.1. The van der Waals surface area contributed by atoms with Crippen LogP contribution >= 0.6 is 11.3 Å². The van der Waals surface area contributed by atoms with Crippen molar-refractivity contribution >= 4 is 11.3 Å². The predicted octanol–water partition coefficient (Wildman–Crippen LogP) is 3.57. The Morgan fingerprint density at radius 1 is 1.00 bits per heavy atom. The Morgan fingerprint density at radius 2 is 2.00 bits per heavy atom. The molecule has 0 spiro atoms. The summed E-state index contributed by atoms with van der Waals surface area (Å²) in [6.45, 7) is 0. The van der Waals surface area contributed by atoms with Gasteiger partial charge in [0.15, 0.2) is 11.5 Å². The first-order valence-corrected chi connectivity index (χ1v) is 8.38. The molecule has 0 amide bonds. The van der Waals surface area contributed by atoms with Gasteiger partial charge in [-0.2, -0.15) is 10.3 Å². The number of aromatic amines is 3. The van der Waals surface area contributed by atoms with E-state index in [0.29, 0.717) is 11.6 Å². The zero-order valence-corrected chi connectivity index (χ0v) is 13.5. The Morgan fingerprint density at radius 3 is 2.68 bits per heavy atom. The highest BCUT2D eigenvalue weighted by Gasteiger charge is 2.28. The first-order chi connectivity index (χ1) is 12.4. The van der Waals surface area contributed by atoms with E-state index in [-0.39, 0.29) is 0 Å². The van der Waals surface area contributed by atoms with Crippen LogP contribution < -0.4 is 0 Å². The molecule has 122 valence electrons. The van der Waals surface area contributed by atoms with Crippen LogP contribution in [-0.4, -0.2) is 35.8 Å². The molecule has 9 heteroatoms. The van der Waals surface area contributed by atoms with Crippen molar-refractivity contribution in [1.82, 2.24) is 35.8 Å². The molecule has 0 aliphatic rings. The molecule has 5 aromatic rings. The van der Waals surface area contributed by atoms with E-state index in [9.17, 15) is 0 Å². The monoisotopic (exact) mass is 349 g/mol. The summed E-state index contributed by atoms with van der Waals surface area (Å²) < 4.78 is 6.29. The molecule has 8 nitrogen and oxygen atoms in total. The van der Waals surface area contributed by atoms with Gasteiger partial charge in [0.25, 0.3) is 0 Å². The average molecular weight is 349 g/mol. The van der Waals surface area contributed by atoms with E-state index >= 15 is 0 Å². The third kappa shape index (κ3) is 2.21. The predicted molar refractivity (Wildman–Crippen MR) is 92.6 cm³/mol. The molecule has 0 bridgehead atoms. The lowest BCUT2D eigenvalue weighted by molar-refractivity contribution is 0.598.